The molecule has 1 heteroatoms. The third-order valence-corrected chi connectivity index (χ3v) is 1.82. The van der Waals surface area contributed by atoms with Gasteiger partial charge in [0.05, 0.1) is 0 Å². The molecular weight excluding hydrogens is 124 g/mol. The van der Waals surface area contributed by atoms with Gasteiger partial charge in [-0.25, -0.2) is 0 Å². The van der Waals surface area contributed by atoms with Crippen LogP contribution < -0.4 is 0 Å². The fourth-order valence-electron chi connectivity index (χ4n) is 0.819. The molecule has 0 heterocycles. The van der Waals surface area contributed by atoms with Gasteiger partial charge in [-0.3, -0.25) is 4.79 Å². The molecule has 10 heavy (non-hydrogen) atoms. The maximum absolute atomic E-state index is 10.8. The quantitative estimate of drug-likeness (QED) is 0.551. The van der Waals surface area contributed by atoms with Crippen molar-refractivity contribution in [1.29, 1.82) is 0 Å². The Balaban J connectivity index is 4.06. The Hall–Kier alpha value is -0.590. The summed E-state index contributed by atoms with van der Waals surface area (Å²) in [6, 6.07) is 0. The Morgan fingerprint density at radius 1 is 1.50 bits per heavy atom. The van der Waals surface area contributed by atoms with E-state index in [1.807, 2.05) is 13.8 Å². The van der Waals surface area contributed by atoms with Gasteiger partial charge in [0.25, 0.3) is 0 Å². The number of carbonyl (C=O) groups excluding carboxylic acids is 1. The van der Waals surface area contributed by atoms with Crippen LogP contribution in [0.1, 0.15) is 34.1 Å². The van der Waals surface area contributed by atoms with Gasteiger partial charge < -0.3 is 0 Å². The van der Waals surface area contributed by atoms with Crippen molar-refractivity contribution in [1.82, 2.24) is 0 Å². The number of Topliss-reactive ketones (excluding diaryl/α,β-unsaturated/α-hetero) is 1. The smallest absolute Gasteiger partial charge is 0.136 e. The Morgan fingerprint density at radius 2 is 2.00 bits per heavy atom. The summed E-state index contributed by atoms with van der Waals surface area (Å²) in [6.07, 6.45) is 3.12. The van der Waals surface area contributed by atoms with E-state index in [4.69, 9.17) is 0 Å². The van der Waals surface area contributed by atoms with Gasteiger partial charge in [0, 0.05) is 5.92 Å². The van der Waals surface area contributed by atoms with Gasteiger partial charge in [-0.1, -0.05) is 25.5 Å². The van der Waals surface area contributed by atoms with Gasteiger partial charge in [-0.05, 0) is 20.3 Å². The maximum atomic E-state index is 10.8. The highest BCUT2D eigenvalue weighted by Crippen LogP contribution is 2.10. The molecule has 0 amide bonds. The van der Waals surface area contributed by atoms with Crippen molar-refractivity contribution in [3.05, 3.63) is 11.6 Å². The van der Waals surface area contributed by atoms with Crippen molar-refractivity contribution >= 4 is 5.78 Å². The van der Waals surface area contributed by atoms with Gasteiger partial charge in [-0.2, -0.15) is 0 Å². The predicted molar refractivity (Wildman–Crippen MR) is 43.9 cm³/mol. The van der Waals surface area contributed by atoms with Crippen LogP contribution in [-0.2, 0) is 4.79 Å². The predicted octanol–water partition coefficient (Wildman–Crippen LogP) is 2.57. The second-order valence-corrected chi connectivity index (χ2v) is 2.69. The SMILES string of the molecule is CCC=C(C)C(C)C(C)=O. The fraction of sp³-hybridized carbons (Fsp3) is 0.667. The minimum absolute atomic E-state index is 0.111. The monoisotopic (exact) mass is 140 g/mol. The van der Waals surface area contributed by atoms with Gasteiger partial charge >= 0.3 is 0 Å². The van der Waals surface area contributed by atoms with Crippen LogP contribution >= 0.6 is 0 Å². The molecule has 0 aromatic rings. The maximum Gasteiger partial charge on any atom is 0.136 e. The van der Waals surface area contributed by atoms with Crippen molar-refractivity contribution in [3.8, 4) is 0 Å². The molecule has 0 rings (SSSR count). The molecule has 0 spiro atoms. The Labute approximate surface area is 63.1 Å². The van der Waals surface area contributed by atoms with Gasteiger partial charge in [0.1, 0.15) is 5.78 Å². The van der Waals surface area contributed by atoms with Gasteiger partial charge in [0.15, 0.2) is 0 Å². The van der Waals surface area contributed by atoms with Crippen LogP contribution in [0.4, 0.5) is 0 Å². The van der Waals surface area contributed by atoms with Crippen molar-refractivity contribution in [3.63, 3.8) is 0 Å². The lowest BCUT2D eigenvalue weighted by Crippen LogP contribution is -2.06. The molecule has 0 aliphatic heterocycles. The molecule has 58 valence electrons. The lowest BCUT2D eigenvalue weighted by Gasteiger charge is -2.06. The molecular formula is C9H16O. The third-order valence-electron chi connectivity index (χ3n) is 1.82. The van der Waals surface area contributed by atoms with Gasteiger partial charge in [0.2, 0.25) is 0 Å². The Morgan fingerprint density at radius 3 is 2.30 bits per heavy atom. The first-order valence-corrected chi connectivity index (χ1v) is 3.76. The summed E-state index contributed by atoms with van der Waals surface area (Å²) in [5.74, 6) is 0.363. The van der Waals surface area contributed by atoms with E-state index in [1.165, 1.54) is 5.57 Å². The molecule has 1 nitrogen and oxygen atoms in total. The van der Waals surface area contributed by atoms with Crippen LogP contribution in [0.2, 0.25) is 0 Å². The summed E-state index contributed by atoms with van der Waals surface area (Å²) < 4.78 is 0. The summed E-state index contributed by atoms with van der Waals surface area (Å²) in [7, 11) is 0. The van der Waals surface area contributed by atoms with E-state index in [0.29, 0.717) is 0 Å². The summed E-state index contributed by atoms with van der Waals surface area (Å²) >= 11 is 0. The van der Waals surface area contributed by atoms with Crippen molar-refractivity contribution in [2.75, 3.05) is 0 Å². The number of allylic oxidation sites excluding steroid dienone is 2. The molecule has 0 N–H and O–H groups in total. The summed E-state index contributed by atoms with van der Waals surface area (Å²) in [6.45, 7) is 7.67. The molecule has 0 saturated carbocycles. The number of hydrogen-bond acceptors (Lipinski definition) is 1. The highest BCUT2D eigenvalue weighted by atomic mass is 16.1. The van der Waals surface area contributed by atoms with E-state index in [-0.39, 0.29) is 11.7 Å². The average molecular weight is 140 g/mol. The Kier molecular flexibility index (Phi) is 4.01. The molecule has 1 atom stereocenters. The number of ketones is 1. The summed E-state index contributed by atoms with van der Waals surface area (Å²) in [5.41, 5.74) is 1.19. The lowest BCUT2D eigenvalue weighted by atomic mass is 9.98. The second kappa shape index (κ2) is 4.26. The molecule has 0 fully saturated rings. The first-order chi connectivity index (χ1) is 4.59. The fourth-order valence-corrected chi connectivity index (χ4v) is 0.819. The first kappa shape index (κ1) is 9.41. The molecule has 0 aliphatic rings. The number of rotatable bonds is 3. The lowest BCUT2D eigenvalue weighted by molar-refractivity contribution is -0.119. The van der Waals surface area contributed by atoms with E-state index < -0.39 is 0 Å². The van der Waals surface area contributed by atoms with Crippen LogP contribution in [-0.4, -0.2) is 5.78 Å². The summed E-state index contributed by atoms with van der Waals surface area (Å²) in [4.78, 5) is 10.8. The normalized spacial score (nSPS) is 15.0. The van der Waals surface area contributed by atoms with Crippen LogP contribution in [0.25, 0.3) is 0 Å². The molecule has 0 saturated heterocycles. The standard InChI is InChI=1S/C9H16O/c1-5-6-7(2)8(3)9(4)10/h6,8H,5H2,1-4H3. The first-order valence-electron chi connectivity index (χ1n) is 3.76. The van der Waals surface area contributed by atoms with Crippen molar-refractivity contribution in [2.45, 2.75) is 34.1 Å². The van der Waals surface area contributed by atoms with Gasteiger partial charge in [-0.15, -0.1) is 0 Å². The number of carbonyl (C=O) groups is 1. The van der Waals surface area contributed by atoms with Crippen LogP contribution in [0.15, 0.2) is 11.6 Å². The van der Waals surface area contributed by atoms with E-state index in [0.717, 1.165) is 6.42 Å². The van der Waals surface area contributed by atoms with Crippen LogP contribution in [0, 0.1) is 5.92 Å². The topological polar surface area (TPSA) is 17.1 Å². The second-order valence-electron chi connectivity index (χ2n) is 2.69. The molecule has 0 aromatic carbocycles. The van der Waals surface area contributed by atoms with E-state index in [2.05, 4.69) is 13.0 Å². The third kappa shape index (κ3) is 2.81. The molecule has 0 aliphatic carbocycles. The van der Waals surface area contributed by atoms with E-state index in [9.17, 15) is 4.79 Å². The van der Waals surface area contributed by atoms with Crippen molar-refractivity contribution < 1.29 is 4.79 Å². The zero-order chi connectivity index (χ0) is 8.15. The molecule has 0 radical (unpaired) electrons. The average Bonchev–Trinajstić information content (AvgIpc) is 1.87. The highest BCUT2D eigenvalue weighted by molar-refractivity contribution is 5.80. The molecule has 0 bridgehead atoms. The molecule has 1 unspecified atom stereocenters. The summed E-state index contributed by atoms with van der Waals surface area (Å²) in [5, 5.41) is 0. The van der Waals surface area contributed by atoms with Crippen LogP contribution in [0.5, 0.6) is 0 Å². The number of hydrogen-bond donors (Lipinski definition) is 0. The highest BCUT2D eigenvalue weighted by Gasteiger charge is 2.07. The van der Waals surface area contributed by atoms with Crippen molar-refractivity contribution in [2.24, 2.45) is 5.92 Å². The molecule has 0 aromatic heterocycles. The van der Waals surface area contributed by atoms with Crippen LogP contribution in [0.3, 0.4) is 0 Å². The minimum Gasteiger partial charge on any atom is -0.299 e. The van der Waals surface area contributed by atoms with E-state index >= 15 is 0 Å². The largest absolute Gasteiger partial charge is 0.299 e. The minimum atomic E-state index is 0.111. The zero-order valence-electron chi connectivity index (χ0n) is 7.27. The Bertz CT molecular complexity index is 145. The van der Waals surface area contributed by atoms with E-state index in [1.54, 1.807) is 6.92 Å². The zero-order valence-corrected chi connectivity index (χ0v) is 7.27.